The maximum absolute atomic E-state index is 13.4. The Hall–Kier alpha value is -4.00. The molecule has 3 rings (SSSR count). The molecule has 3 aromatic carbocycles. The molecule has 190 valence electrons. The molecule has 0 saturated heterocycles. The molecule has 0 unspecified atom stereocenters. The average molecular weight is 491 g/mol. The van der Waals surface area contributed by atoms with Crippen molar-refractivity contribution < 1.29 is 23.8 Å². The van der Waals surface area contributed by atoms with Gasteiger partial charge in [0.1, 0.15) is 11.8 Å². The molecule has 0 saturated carbocycles. The van der Waals surface area contributed by atoms with Gasteiger partial charge in [0.25, 0.3) is 0 Å². The van der Waals surface area contributed by atoms with Gasteiger partial charge in [-0.3, -0.25) is 9.59 Å². The summed E-state index contributed by atoms with van der Waals surface area (Å²) >= 11 is 0. The maximum atomic E-state index is 13.4. The third-order valence-corrected chi connectivity index (χ3v) is 6.04. The quantitative estimate of drug-likeness (QED) is 0.415. The van der Waals surface area contributed by atoms with Gasteiger partial charge in [0.05, 0.1) is 27.8 Å². The van der Waals surface area contributed by atoms with E-state index < -0.39 is 6.04 Å². The fourth-order valence-corrected chi connectivity index (χ4v) is 3.90. The first kappa shape index (κ1) is 26.6. The number of rotatable bonds is 12. The van der Waals surface area contributed by atoms with Crippen LogP contribution in [-0.2, 0) is 29.0 Å². The van der Waals surface area contributed by atoms with Crippen LogP contribution in [0.25, 0.3) is 0 Å². The molecular weight excluding hydrogens is 456 g/mol. The molecular formula is C29H34N2O5. The van der Waals surface area contributed by atoms with E-state index in [-0.39, 0.29) is 18.2 Å². The lowest BCUT2D eigenvalue weighted by Gasteiger charge is -2.29. The Morgan fingerprint density at radius 2 is 1.47 bits per heavy atom. The Kier molecular flexibility index (Phi) is 9.74. The smallest absolute Gasteiger partial charge is 0.242 e. The number of hydrogen-bond donors (Lipinski definition) is 1. The Bertz CT molecular complexity index is 1130. The van der Waals surface area contributed by atoms with E-state index in [2.05, 4.69) is 5.32 Å². The first-order valence-corrected chi connectivity index (χ1v) is 11.9. The number of carbonyl (C=O) groups excluding carboxylic acids is 2. The van der Waals surface area contributed by atoms with E-state index in [1.807, 2.05) is 60.7 Å². The minimum Gasteiger partial charge on any atom is -0.497 e. The summed E-state index contributed by atoms with van der Waals surface area (Å²) in [5.41, 5.74) is 2.83. The van der Waals surface area contributed by atoms with Crippen molar-refractivity contribution in [3.8, 4) is 17.2 Å². The number of amides is 2. The third-order valence-electron chi connectivity index (χ3n) is 6.04. The molecule has 0 aliphatic rings. The second kappa shape index (κ2) is 13.2. The van der Waals surface area contributed by atoms with Gasteiger partial charge in [0, 0.05) is 13.1 Å². The molecule has 7 nitrogen and oxygen atoms in total. The van der Waals surface area contributed by atoms with Gasteiger partial charge in [-0.2, -0.15) is 0 Å². The molecule has 36 heavy (non-hydrogen) atoms. The summed E-state index contributed by atoms with van der Waals surface area (Å²) in [6, 6.07) is 22.2. The van der Waals surface area contributed by atoms with Crippen LogP contribution in [0.2, 0.25) is 0 Å². The number of carbonyl (C=O) groups is 2. The Balaban J connectivity index is 1.69. The molecule has 0 spiro atoms. The van der Waals surface area contributed by atoms with Crippen LogP contribution in [0.1, 0.15) is 23.6 Å². The van der Waals surface area contributed by atoms with Gasteiger partial charge in [-0.05, 0) is 54.3 Å². The Labute approximate surface area is 213 Å². The van der Waals surface area contributed by atoms with Crippen LogP contribution in [-0.4, -0.2) is 50.6 Å². The Morgan fingerprint density at radius 3 is 2.11 bits per heavy atom. The normalized spacial score (nSPS) is 11.3. The number of nitrogens with one attached hydrogen (secondary N) is 1. The molecule has 0 aliphatic heterocycles. The zero-order chi connectivity index (χ0) is 25.9. The summed E-state index contributed by atoms with van der Waals surface area (Å²) in [6.07, 6.45) is 0.817. The Morgan fingerprint density at radius 1 is 0.806 bits per heavy atom. The summed E-state index contributed by atoms with van der Waals surface area (Å²) in [7, 11) is 4.76. The second-order valence-corrected chi connectivity index (χ2v) is 8.44. The van der Waals surface area contributed by atoms with E-state index in [1.165, 1.54) is 0 Å². The monoisotopic (exact) mass is 490 g/mol. The molecule has 0 fully saturated rings. The van der Waals surface area contributed by atoms with Crippen molar-refractivity contribution >= 4 is 11.8 Å². The first-order chi connectivity index (χ1) is 17.4. The lowest BCUT2D eigenvalue weighted by Crippen LogP contribution is -2.48. The van der Waals surface area contributed by atoms with Crippen LogP contribution in [0.5, 0.6) is 17.2 Å². The zero-order valence-corrected chi connectivity index (χ0v) is 21.3. The highest BCUT2D eigenvalue weighted by Crippen LogP contribution is 2.28. The predicted molar refractivity (Wildman–Crippen MR) is 139 cm³/mol. The lowest BCUT2D eigenvalue weighted by atomic mass is 10.1. The molecule has 7 heteroatoms. The summed E-state index contributed by atoms with van der Waals surface area (Å²) in [4.78, 5) is 28.1. The van der Waals surface area contributed by atoms with Crippen molar-refractivity contribution in [2.45, 2.75) is 32.4 Å². The van der Waals surface area contributed by atoms with E-state index in [0.29, 0.717) is 31.0 Å². The summed E-state index contributed by atoms with van der Waals surface area (Å²) in [6.45, 7) is 2.57. The van der Waals surface area contributed by atoms with Gasteiger partial charge in [-0.1, -0.05) is 48.5 Å². The van der Waals surface area contributed by atoms with Gasteiger partial charge >= 0.3 is 0 Å². The fourth-order valence-electron chi connectivity index (χ4n) is 3.90. The molecule has 1 atom stereocenters. The first-order valence-electron chi connectivity index (χ1n) is 11.9. The van der Waals surface area contributed by atoms with Crippen LogP contribution in [0.4, 0.5) is 0 Å². The summed E-state index contributed by atoms with van der Waals surface area (Å²) in [5, 5.41) is 2.98. The zero-order valence-electron chi connectivity index (χ0n) is 21.3. The van der Waals surface area contributed by atoms with E-state index in [9.17, 15) is 9.59 Å². The van der Waals surface area contributed by atoms with Gasteiger partial charge in [0.2, 0.25) is 11.8 Å². The standard InChI is InChI=1S/C29H34N2O5/c1-21(29(33)30-17-16-22-10-13-25(34-2)14-11-22)31(20-23-8-6-5-7-9-23)28(32)19-24-12-15-26(35-3)27(18-24)36-4/h5-15,18,21H,16-17,19-20H2,1-4H3,(H,30,33)/t21-/m1/s1. The van der Waals surface area contributed by atoms with E-state index in [4.69, 9.17) is 14.2 Å². The number of benzene rings is 3. The van der Waals surface area contributed by atoms with Crippen LogP contribution in [0.15, 0.2) is 72.8 Å². The van der Waals surface area contributed by atoms with Crippen molar-refractivity contribution in [3.63, 3.8) is 0 Å². The minimum atomic E-state index is -0.645. The van der Waals surface area contributed by atoms with Gasteiger partial charge in [-0.25, -0.2) is 0 Å². The predicted octanol–water partition coefficient (Wildman–Crippen LogP) is 4.03. The number of nitrogens with zero attached hydrogens (tertiary/aromatic N) is 1. The summed E-state index contributed by atoms with van der Waals surface area (Å²) in [5.74, 6) is 1.60. The largest absolute Gasteiger partial charge is 0.497 e. The number of ether oxygens (including phenoxy) is 3. The highest BCUT2D eigenvalue weighted by molar-refractivity contribution is 5.88. The van der Waals surface area contributed by atoms with Gasteiger partial charge in [0.15, 0.2) is 11.5 Å². The van der Waals surface area contributed by atoms with Crippen molar-refractivity contribution in [1.29, 1.82) is 0 Å². The van der Waals surface area contributed by atoms with Crippen molar-refractivity contribution in [2.24, 2.45) is 0 Å². The maximum Gasteiger partial charge on any atom is 0.242 e. The molecule has 0 aliphatic carbocycles. The van der Waals surface area contributed by atoms with E-state index in [1.54, 1.807) is 45.3 Å². The molecule has 3 aromatic rings. The lowest BCUT2D eigenvalue weighted by molar-refractivity contribution is -0.140. The fraction of sp³-hybridized carbons (Fsp3) is 0.310. The molecule has 2 amide bonds. The van der Waals surface area contributed by atoms with E-state index in [0.717, 1.165) is 22.4 Å². The molecule has 1 N–H and O–H groups in total. The van der Waals surface area contributed by atoms with Crippen LogP contribution >= 0.6 is 0 Å². The highest BCUT2D eigenvalue weighted by Gasteiger charge is 2.26. The van der Waals surface area contributed by atoms with E-state index >= 15 is 0 Å². The van der Waals surface area contributed by atoms with Crippen molar-refractivity contribution in [3.05, 3.63) is 89.5 Å². The topological polar surface area (TPSA) is 77.1 Å². The average Bonchev–Trinajstić information content (AvgIpc) is 2.92. The highest BCUT2D eigenvalue weighted by atomic mass is 16.5. The van der Waals surface area contributed by atoms with Crippen LogP contribution in [0, 0.1) is 0 Å². The van der Waals surface area contributed by atoms with Gasteiger partial charge < -0.3 is 24.4 Å². The summed E-state index contributed by atoms with van der Waals surface area (Å²) < 4.78 is 15.9. The number of hydrogen-bond acceptors (Lipinski definition) is 5. The molecule has 0 bridgehead atoms. The molecule has 0 heterocycles. The second-order valence-electron chi connectivity index (χ2n) is 8.44. The van der Waals surface area contributed by atoms with Crippen LogP contribution in [0.3, 0.4) is 0 Å². The van der Waals surface area contributed by atoms with Crippen molar-refractivity contribution in [2.75, 3.05) is 27.9 Å². The van der Waals surface area contributed by atoms with Crippen LogP contribution < -0.4 is 19.5 Å². The van der Waals surface area contributed by atoms with Gasteiger partial charge in [-0.15, -0.1) is 0 Å². The SMILES string of the molecule is COc1ccc(CCNC(=O)[C@@H](C)N(Cc2ccccc2)C(=O)Cc2ccc(OC)c(OC)c2)cc1. The van der Waals surface area contributed by atoms with Crippen molar-refractivity contribution in [1.82, 2.24) is 10.2 Å². The third kappa shape index (κ3) is 7.25. The number of methoxy groups -OCH3 is 3. The molecule has 0 aromatic heterocycles. The minimum absolute atomic E-state index is 0.136. The molecule has 0 radical (unpaired) electrons.